The van der Waals surface area contributed by atoms with Gasteiger partial charge in [0.15, 0.2) is 84.5 Å². The summed E-state index contributed by atoms with van der Waals surface area (Å²) >= 11 is 1.80. The van der Waals surface area contributed by atoms with Crippen molar-refractivity contribution in [3.63, 3.8) is 0 Å². The first-order valence-electron chi connectivity index (χ1n) is 19.5. The third kappa shape index (κ3) is 8.86. The normalized spacial score (nSPS) is 11.6. The quantitative estimate of drug-likeness (QED) is 0.0456. The Labute approximate surface area is 393 Å². The van der Waals surface area contributed by atoms with Crippen LogP contribution in [0, 0.1) is 116 Å². The second-order valence-corrected chi connectivity index (χ2v) is 17.8. The lowest BCUT2D eigenvalue weighted by Crippen LogP contribution is -2.81. The molecule has 8 rings (SSSR count). The van der Waals surface area contributed by atoms with Crippen molar-refractivity contribution in [2.45, 2.75) is 24.5 Å². The lowest BCUT2D eigenvalue weighted by molar-refractivity contribution is 0.378. The number of rotatable bonds is 9. The molecular formula is C48H19BF20S2. The highest BCUT2D eigenvalue weighted by Gasteiger charge is 2.52. The van der Waals surface area contributed by atoms with E-state index in [1.54, 1.807) is 11.8 Å². The van der Waals surface area contributed by atoms with E-state index in [2.05, 4.69) is 115 Å². The molecule has 23 heteroatoms. The zero-order valence-electron chi connectivity index (χ0n) is 34.4. The van der Waals surface area contributed by atoms with E-state index in [1.165, 1.54) is 24.5 Å². The summed E-state index contributed by atoms with van der Waals surface area (Å²) in [6.07, 6.45) is -7.22. The fourth-order valence-corrected chi connectivity index (χ4v) is 10.6. The number of hydrogen-bond acceptors (Lipinski definition) is 1. The minimum Gasteiger partial charge on any atom is -0.207 e. The maximum absolute atomic E-state index is 15.4. The summed E-state index contributed by atoms with van der Waals surface area (Å²) in [5.74, 6) is -71.4. The van der Waals surface area contributed by atoms with Gasteiger partial charge >= 0.3 is 0 Å². The van der Waals surface area contributed by atoms with Gasteiger partial charge in [0.05, 0.1) is 10.9 Å². The fourth-order valence-electron chi connectivity index (χ4n) is 7.66. The molecule has 0 aromatic heterocycles. The third-order valence-electron chi connectivity index (χ3n) is 10.7. The molecule has 0 amide bonds. The van der Waals surface area contributed by atoms with E-state index in [9.17, 15) is 52.7 Å². The van der Waals surface area contributed by atoms with Gasteiger partial charge < -0.3 is 0 Å². The Balaban J connectivity index is 0.000000240. The summed E-state index contributed by atoms with van der Waals surface area (Å²) < 4.78 is 294. The lowest BCUT2D eigenvalue weighted by atomic mass is 9.12. The Kier molecular flexibility index (Phi) is 15.0. The van der Waals surface area contributed by atoms with Crippen LogP contribution < -0.4 is 21.9 Å². The van der Waals surface area contributed by atoms with Crippen molar-refractivity contribution >= 4 is 50.7 Å². The predicted octanol–water partition coefficient (Wildman–Crippen LogP) is 12.8. The first-order chi connectivity index (χ1) is 33.6. The zero-order valence-corrected chi connectivity index (χ0v) is 36.1. The average Bonchev–Trinajstić information content (AvgIpc) is 3.38. The lowest BCUT2D eigenvalue weighted by Gasteiger charge is -2.44. The van der Waals surface area contributed by atoms with E-state index in [0.29, 0.717) is 0 Å². The molecule has 0 nitrogen and oxygen atoms in total. The van der Waals surface area contributed by atoms with E-state index < -0.39 is 144 Å². The van der Waals surface area contributed by atoms with Gasteiger partial charge in [-0.05, 0) is 60.7 Å². The van der Waals surface area contributed by atoms with Crippen molar-refractivity contribution in [2.24, 2.45) is 0 Å². The van der Waals surface area contributed by atoms with Gasteiger partial charge in [-0.25, -0.2) is 87.8 Å². The van der Waals surface area contributed by atoms with E-state index in [4.69, 9.17) is 0 Å². The second kappa shape index (κ2) is 20.5. The fraction of sp³-hybridized carbons (Fsp3) is 0. The summed E-state index contributed by atoms with van der Waals surface area (Å²) in [5.41, 5.74) is -14.3. The SMILES string of the molecule is Fc1c(F)c(F)c([B-](c2c(F)c(F)c(F)c(F)c2F)(c2c(F)c(F)c(F)c(F)c2F)c2c(F)c(F)c(F)c(F)c2F)c(F)c1F.c1ccc(Sc2ccc([S+](c3ccccc3)c3ccccc3)cc2)cc1. The van der Waals surface area contributed by atoms with Gasteiger partial charge in [-0.2, -0.15) is 0 Å². The highest BCUT2D eigenvalue weighted by molar-refractivity contribution is 7.99. The Hall–Kier alpha value is -6.88. The largest absolute Gasteiger partial charge is 0.207 e. The molecule has 8 aromatic carbocycles. The van der Waals surface area contributed by atoms with Gasteiger partial charge in [-0.3, -0.25) is 0 Å². The van der Waals surface area contributed by atoms with Crippen LogP contribution in [0.15, 0.2) is 140 Å². The molecule has 0 aliphatic rings. The Morgan fingerprint density at radius 2 is 0.423 bits per heavy atom. The monoisotopic (exact) mass is 1050 g/mol. The van der Waals surface area contributed by atoms with Crippen LogP contribution in [0.2, 0.25) is 0 Å². The number of benzene rings is 8. The molecule has 0 spiro atoms. The van der Waals surface area contributed by atoms with Crippen LogP contribution in [0.1, 0.15) is 0 Å². The molecule has 0 aliphatic carbocycles. The summed E-state index contributed by atoms with van der Waals surface area (Å²) in [7, 11) is -0.0786. The van der Waals surface area contributed by atoms with Crippen molar-refractivity contribution in [2.75, 3.05) is 0 Å². The van der Waals surface area contributed by atoms with Crippen LogP contribution >= 0.6 is 11.8 Å². The maximum Gasteiger partial charge on any atom is 0.200 e. The minimum atomic E-state index is -7.22. The molecule has 71 heavy (non-hydrogen) atoms. The second-order valence-electron chi connectivity index (χ2n) is 14.6. The molecule has 0 bridgehead atoms. The smallest absolute Gasteiger partial charge is 0.200 e. The van der Waals surface area contributed by atoms with E-state index in [-0.39, 0.29) is 10.9 Å². The van der Waals surface area contributed by atoms with Crippen LogP contribution in [0.5, 0.6) is 0 Å². The van der Waals surface area contributed by atoms with Gasteiger partial charge in [0.1, 0.15) is 52.7 Å². The first kappa shape index (κ1) is 52.0. The van der Waals surface area contributed by atoms with Crippen LogP contribution in [-0.4, -0.2) is 6.15 Å². The highest BCUT2D eigenvalue weighted by atomic mass is 32.2. The van der Waals surface area contributed by atoms with Crippen LogP contribution in [0.3, 0.4) is 0 Å². The van der Waals surface area contributed by atoms with E-state index in [1.807, 2.05) is 0 Å². The van der Waals surface area contributed by atoms with Gasteiger partial charge in [-0.1, -0.05) is 66.4 Å². The van der Waals surface area contributed by atoms with Gasteiger partial charge in [0.2, 0.25) is 0 Å². The standard InChI is InChI=1S/C24BF20.C24H19S2/c26-5-1(6(27)14(35)21(42)13(5)34)25(2-7(28)15(36)22(43)16(37)8(2)29,3-9(30)17(38)23(44)18(39)10(3)31)4-11(32)19(40)24(45)20(41)12(4)33;1-4-10-20(11-5-1)25-21-16-18-24(19-17-21)26(22-12-6-2-7-13-22)23-14-8-3-9-15-23/h;1-19H/q-1;+1. The summed E-state index contributed by atoms with van der Waals surface area (Å²) in [5, 5.41) is 0. The van der Waals surface area contributed by atoms with Crippen molar-refractivity contribution in [1.82, 2.24) is 0 Å². The summed E-state index contributed by atoms with van der Waals surface area (Å²) in [6, 6.07) is 41.1. The van der Waals surface area contributed by atoms with Crippen molar-refractivity contribution in [1.29, 1.82) is 0 Å². The molecule has 0 atom stereocenters. The minimum absolute atomic E-state index is 0.0786. The van der Waals surface area contributed by atoms with Crippen LogP contribution in [0.4, 0.5) is 87.8 Å². The third-order valence-corrected chi connectivity index (χ3v) is 13.9. The summed E-state index contributed by atoms with van der Waals surface area (Å²) in [6.45, 7) is 0. The Bertz CT molecular complexity index is 2910. The van der Waals surface area contributed by atoms with Crippen LogP contribution in [0.25, 0.3) is 0 Å². The molecule has 8 aromatic rings. The molecule has 0 fully saturated rings. The molecule has 0 unspecified atom stereocenters. The average molecular weight is 1050 g/mol. The molecule has 0 heterocycles. The van der Waals surface area contributed by atoms with E-state index in [0.717, 1.165) is 0 Å². The molecule has 0 radical (unpaired) electrons. The molecule has 0 saturated heterocycles. The van der Waals surface area contributed by atoms with Crippen molar-refractivity contribution < 1.29 is 87.8 Å². The Morgan fingerprint density at radius 1 is 0.225 bits per heavy atom. The topological polar surface area (TPSA) is 0 Å². The maximum atomic E-state index is 15.4. The first-order valence-corrected chi connectivity index (χ1v) is 21.5. The zero-order chi connectivity index (χ0) is 52.0. The molecule has 0 aliphatic heterocycles. The van der Waals surface area contributed by atoms with Gasteiger partial charge in [0, 0.05) is 9.79 Å². The van der Waals surface area contributed by atoms with Gasteiger partial charge in [0.25, 0.3) is 0 Å². The predicted molar refractivity (Wildman–Crippen MR) is 221 cm³/mol. The van der Waals surface area contributed by atoms with Crippen molar-refractivity contribution in [3.05, 3.63) is 232 Å². The highest BCUT2D eigenvalue weighted by Crippen LogP contribution is 2.35. The number of hydrogen-bond donors (Lipinski definition) is 0. The van der Waals surface area contributed by atoms with Gasteiger partial charge in [-0.15, -0.1) is 21.9 Å². The molecule has 0 saturated carbocycles. The molecular weight excluding hydrogens is 1030 g/mol. The molecule has 366 valence electrons. The van der Waals surface area contributed by atoms with E-state index >= 15 is 35.1 Å². The Morgan fingerprint density at radius 3 is 0.676 bits per heavy atom. The number of halogens is 20. The van der Waals surface area contributed by atoms with Crippen molar-refractivity contribution in [3.8, 4) is 0 Å². The molecule has 0 N–H and O–H groups in total. The summed E-state index contributed by atoms with van der Waals surface area (Å²) in [4.78, 5) is 6.58. The van der Waals surface area contributed by atoms with Crippen LogP contribution in [-0.2, 0) is 10.9 Å².